The van der Waals surface area contributed by atoms with Gasteiger partial charge in [-0.25, -0.2) is 12.2 Å². The van der Waals surface area contributed by atoms with Gasteiger partial charge in [0.2, 0.25) is 0 Å². The van der Waals surface area contributed by atoms with Gasteiger partial charge in [-0.1, -0.05) is 0 Å². The minimum atomic E-state index is 0. The van der Waals surface area contributed by atoms with Crippen molar-refractivity contribution in [2.45, 2.75) is 6.42 Å². The summed E-state index contributed by atoms with van der Waals surface area (Å²) in [7, 11) is 0. The van der Waals surface area contributed by atoms with E-state index in [9.17, 15) is 0 Å². The maximum absolute atomic E-state index is 2.99. The molecule has 1 radical (unpaired) electrons. The Morgan fingerprint density at radius 3 is 2.00 bits per heavy atom. The van der Waals surface area contributed by atoms with Crippen LogP contribution in [0.2, 0.25) is 0 Å². The third-order valence-electron chi connectivity index (χ3n) is 0.586. The fourth-order valence-corrected chi connectivity index (χ4v) is 0.340. The van der Waals surface area contributed by atoms with Gasteiger partial charge in [-0.15, -0.1) is 6.42 Å². The Morgan fingerprint density at radius 1 is 1.25 bits per heavy atom. The van der Waals surface area contributed by atoms with Crippen LogP contribution in [0, 0.1) is 61.3 Å². The molecule has 0 unspecified atom stereocenters. The summed E-state index contributed by atoms with van der Waals surface area (Å²) in [6, 6.07) is 0. The van der Waals surface area contributed by atoms with Gasteiger partial charge >= 0.3 is 40.4 Å². The van der Waals surface area contributed by atoms with Gasteiger partial charge in [0.05, 0.1) is 0 Å². The molecule has 0 bridgehead atoms. The van der Waals surface area contributed by atoms with E-state index >= 15 is 0 Å². The topological polar surface area (TPSA) is 0 Å². The van der Waals surface area contributed by atoms with Gasteiger partial charge in [0, 0.05) is 0 Å². The summed E-state index contributed by atoms with van der Waals surface area (Å²) in [6.07, 6.45) is 10.0. The van der Waals surface area contributed by atoms with Crippen molar-refractivity contribution >= 4 is 0 Å². The van der Waals surface area contributed by atoms with Gasteiger partial charge in [0.15, 0.2) is 0 Å². The van der Waals surface area contributed by atoms with Gasteiger partial charge in [0.25, 0.3) is 0 Å². The predicted molar refractivity (Wildman–Crippen MR) is 34.4 cm³/mol. The summed E-state index contributed by atoms with van der Waals surface area (Å²) in [6.45, 7) is 0. The Labute approximate surface area is 85.2 Å². The van der Waals surface area contributed by atoms with E-state index in [4.69, 9.17) is 0 Å². The van der Waals surface area contributed by atoms with Crippen LogP contribution in [0.3, 0.4) is 0 Å². The molecule has 0 fully saturated rings. The molecule has 1 aliphatic carbocycles. The smallest absolute Gasteiger partial charge is 0.358 e. The van der Waals surface area contributed by atoms with Gasteiger partial charge in [-0.05, 0) is 0 Å². The molecule has 0 nitrogen and oxygen atoms in total. The molecular weight excluding hydrogens is 234 g/mol. The van der Waals surface area contributed by atoms with E-state index in [1.165, 1.54) is 0 Å². The molecule has 0 N–H and O–H groups in total. The molecule has 1 rings (SSSR count). The Kier molecular flexibility index (Phi) is 21.4. The SMILES string of the molecule is [C-]1=CC=CC1.[CH3-].[CH3-].[Sm+3]. The first kappa shape index (κ1) is 15.9. The summed E-state index contributed by atoms with van der Waals surface area (Å²) in [4.78, 5) is 0. The van der Waals surface area contributed by atoms with E-state index in [1.807, 2.05) is 12.2 Å². The first-order valence-corrected chi connectivity index (χ1v) is 1.72. The second-order valence-electron chi connectivity index (χ2n) is 1.00. The maximum atomic E-state index is 2.99. The van der Waals surface area contributed by atoms with E-state index in [0.29, 0.717) is 0 Å². The Balaban J connectivity index is -0.0000000833. The second kappa shape index (κ2) is 10.7. The van der Waals surface area contributed by atoms with Crippen molar-refractivity contribution in [3.05, 3.63) is 39.2 Å². The van der Waals surface area contributed by atoms with Gasteiger partial charge in [-0.2, -0.15) is 6.08 Å². The fraction of sp³-hybridized carbons (Fsp3) is 0.143. The zero-order valence-electron chi connectivity index (χ0n) is 5.35. The first-order chi connectivity index (χ1) is 2.50. The molecule has 0 aromatic rings. The van der Waals surface area contributed by atoms with Crippen LogP contribution in [0.25, 0.3) is 0 Å². The summed E-state index contributed by atoms with van der Waals surface area (Å²) in [5.41, 5.74) is 0. The van der Waals surface area contributed by atoms with Crippen molar-refractivity contribution in [2.75, 3.05) is 0 Å². The van der Waals surface area contributed by atoms with E-state index in [-0.39, 0.29) is 55.2 Å². The number of hydrogen-bond acceptors (Lipinski definition) is 0. The van der Waals surface area contributed by atoms with Crippen LogP contribution < -0.4 is 0 Å². The molecule has 8 heavy (non-hydrogen) atoms. The molecule has 0 saturated heterocycles. The van der Waals surface area contributed by atoms with Crippen molar-refractivity contribution in [1.82, 2.24) is 0 Å². The molecule has 0 aliphatic heterocycles. The Hall–Kier alpha value is 0.818. The molecule has 0 spiro atoms. The monoisotopic (exact) mass is 247 g/mol. The van der Waals surface area contributed by atoms with Crippen LogP contribution in [-0.4, -0.2) is 0 Å². The van der Waals surface area contributed by atoms with Crippen molar-refractivity contribution in [3.8, 4) is 0 Å². The van der Waals surface area contributed by atoms with Crippen molar-refractivity contribution in [2.24, 2.45) is 0 Å². The molecule has 0 heterocycles. The molecule has 0 atom stereocenters. The minimum absolute atomic E-state index is 0. The molecule has 1 aliphatic rings. The zero-order chi connectivity index (χ0) is 3.54. The molecule has 0 saturated carbocycles. The summed E-state index contributed by atoms with van der Waals surface area (Å²) in [5.74, 6) is 0. The fourth-order valence-electron chi connectivity index (χ4n) is 0.340. The average molecular weight is 246 g/mol. The van der Waals surface area contributed by atoms with Crippen LogP contribution in [-0.2, 0) is 0 Å². The third-order valence-corrected chi connectivity index (χ3v) is 0.586. The quantitative estimate of drug-likeness (QED) is 0.574. The molecular formula is C7H11Sm. The van der Waals surface area contributed by atoms with E-state index < -0.39 is 0 Å². The van der Waals surface area contributed by atoms with Crippen LogP contribution in [0.15, 0.2) is 18.2 Å². The van der Waals surface area contributed by atoms with Crippen LogP contribution in [0.1, 0.15) is 6.42 Å². The first-order valence-electron chi connectivity index (χ1n) is 1.72. The summed E-state index contributed by atoms with van der Waals surface area (Å²) >= 11 is 0. The molecule has 0 aromatic carbocycles. The number of hydrogen-bond donors (Lipinski definition) is 0. The van der Waals surface area contributed by atoms with Crippen molar-refractivity contribution < 1.29 is 40.4 Å². The van der Waals surface area contributed by atoms with Gasteiger partial charge in [0.1, 0.15) is 0 Å². The second-order valence-corrected chi connectivity index (χ2v) is 1.00. The van der Waals surface area contributed by atoms with Crippen LogP contribution in [0.5, 0.6) is 0 Å². The van der Waals surface area contributed by atoms with Crippen LogP contribution >= 0.6 is 0 Å². The molecule has 1 heteroatoms. The molecule has 0 amide bonds. The number of allylic oxidation sites excluding steroid dienone is 4. The summed E-state index contributed by atoms with van der Waals surface area (Å²) < 4.78 is 0. The van der Waals surface area contributed by atoms with Gasteiger partial charge in [-0.3, -0.25) is 6.08 Å². The standard InChI is InChI=1S/C5H5.2CH3.Sm/c1-2-4-5-3-1;;;/h1-3H,4H2;2*1H3;/q3*-1;+3. The predicted octanol–water partition coefficient (Wildman–Crippen LogP) is 2.21. The molecule has 45 valence electrons. The number of rotatable bonds is 0. The Bertz CT molecular complexity index is 62.5. The summed E-state index contributed by atoms with van der Waals surface area (Å²) in [5, 5.41) is 0. The van der Waals surface area contributed by atoms with Crippen molar-refractivity contribution in [1.29, 1.82) is 0 Å². The maximum Gasteiger partial charge on any atom is 3.00 e. The van der Waals surface area contributed by atoms with E-state index in [0.717, 1.165) is 6.42 Å². The van der Waals surface area contributed by atoms with Crippen molar-refractivity contribution in [3.63, 3.8) is 0 Å². The average Bonchev–Trinajstić information content (AvgIpc) is 1.76. The van der Waals surface area contributed by atoms with E-state index in [2.05, 4.69) is 12.2 Å². The van der Waals surface area contributed by atoms with Crippen LogP contribution in [0.4, 0.5) is 0 Å². The zero-order valence-corrected chi connectivity index (χ0v) is 7.97. The van der Waals surface area contributed by atoms with E-state index in [1.54, 1.807) is 0 Å². The van der Waals surface area contributed by atoms with Gasteiger partial charge < -0.3 is 14.9 Å². The normalized spacial score (nSPS) is 11.0. The Morgan fingerprint density at radius 2 is 1.88 bits per heavy atom. The molecule has 0 aromatic heterocycles. The minimum Gasteiger partial charge on any atom is -0.358 e. The third kappa shape index (κ3) is 6.82. The largest absolute Gasteiger partial charge is 3.00 e.